The fraction of sp³-hybridized carbons (Fsp3) is 0.467. The Labute approximate surface area is 232 Å². The molecule has 0 unspecified atom stereocenters. The van der Waals surface area contributed by atoms with Gasteiger partial charge in [0.2, 0.25) is 5.91 Å². The highest BCUT2D eigenvalue weighted by atomic mass is 16.3. The lowest BCUT2D eigenvalue weighted by molar-refractivity contribution is -0.152. The molecule has 0 saturated carbocycles. The van der Waals surface area contributed by atoms with Gasteiger partial charge in [0.1, 0.15) is 23.6 Å². The van der Waals surface area contributed by atoms with Gasteiger partial charge in [-0.25, -0.2) is 4.98 Å². The lowest BCUT2D eigenvalue weighted by Crippen LogP contribution is -2.62. The zero-order valence-electron chi connectivity index (χ0n) is 24.9. The molecule has 3 aromatic rings. The minimum atomic E-state index is -0.919. The molecular weight excluding hydrogens is 494 g/mol. The summed E-state index contributed by atoms with van der Waals surface area (Å²) >= 11 is 0. The quantitative estimate of drug-likeness (QED) is 0.429. The Morgan fingerprint density at radius 3 is 2.13 bits per heavy atom. The fourth-order valence-electron chi connectivity index (χ4n) is 3.87. The molecule has 1 saturated heterocycles. The average molecular weight is 540 g/mol. The van der Waals surface area contributed by atoms with E-state index >= 15 is 0 Å². The van der Waals surface area contributed by atoms with Crippen LogP contribution >= 0.6 is 0 Å². The molecule has 1 aliphatic rings. The van der Waals surface area contributed by atoms with Gasteiger partial charge in [-0.3, -0.25) is 19.0 Å². The monoisotopic (exact) mass is 539 g/mol. The van der Waals surface area contributed by atoms with Crippen molar-refractivity contribution in [2.75, 3.05) is 25.5 Å². The van der Waals surface area contributed by atoms with Gasteiger partial charge in [-0.15, -0.1) is 0 Å². The normalized spacial score (nSPS) is 12.8. The van der Waals surface area contributed by atoms with Crippen LogP contribution in [0.3, 0.4) is 0 Å². The van der Waals surface area contributed by atoms with Crippen molar-refractivity contribution >= 4 is 28.7 Å². The number of aryl methyl sites for hydroxylation is 1. The number of amides is 2. The molecule has 1 fully saturated rings. The maximum Gasteiger partial charge on any atom is 0.265 e. The SMILES string of the molecule is CC.CC.CC.CNc1ccc2cc(C(=O)NCc3ccc(C)cc3)c(=O)n(CC(=O)N3CC(C)(O)C3)c2n1. The van der Waals surface area contributed by atoms with E-state index in [2.05, 4.69) is 15.6 Å². The molecule has 214 valence electrons. The number of aliphatic hydroxyl groups is 1. The van der Waals surface area contributed by atoms with Crippen molar-refractivity contribution in [2.45, 2.75) is 74.1 Å². The zero-order valence-corrected chi connectivity index (χ0v) is 24.9. The van der Waals surface area contributed by atoms with E-state index in [-0.39, 0.29) is 37.6 Å². The van der Waals surface area contributed by atoms with E-state index in [4.69, 9.17) is 0 Å². The van der Waals surface area contributed by atoms with E-state index in [0.717, 1.165) is 11.1 Å². The van der Waals surface area contributed by atoms with Crippen LogP contribution in [0.15, 0.2) is 47.3 Å². The van der Waals surface area contributed by atoms with E-state index < -0.39 is 17.1 Å². The highest BCUT2D eigenvalue weighted by Crippen LogP contribution is 2.21. The first kappa shape index (κ1) is 33.3. The first-order chi connectivity index (χ1) is 18.7. The minimum Gasteiger partial charge on any atom is -0.386 e. The summed E-state index contributed by atoms with van der Waals surface area (Å²) in [6.45, 7) is 16.0. The molecule has 0 spiro atoms. The topological polar surface area (TPSA) is 117 Å². The van der Waals surface area contributed by atoms with Crippen LogP contribution in [-0.2, 0) is 17.9 Å². The average Bonchev–Trinajstić information content (AvgIpc) is 2.95. The van der Waals surface area contributed by atoms with Crippen LogP contribution in [-0.4, -0.2) is 57.1 Å². The van der Waals surface area contributed by atoms with Crippen molar-refractivity contribution in [1.29, 1.82) is 0 Å². The number of nitrogens with zero attached hydrogens (tertiary/aromatic N) is 3. The van der Waals surface area contributed by atoms with Crippen molar-refractivity contribution in [3.63, 3.8) is 0 Å². The van der Waals surface area contributed by atoms with Crippen LogP contribution in [0.1, 0.15) is 70.0 Å². The second-order valence-electron chi connectivity index (χ2n) is 8.72. The third kappa shape index (κ3) is 8.64. The summed E-state index contributed by atoms with van der Waals surface area (Å²) in [5.41, 5.74) is 0.766. The molecular formula is C30H45N5O4. The van der Waals surface area contributed by atoms with Gasteiger partial charge in [0.05, 0.1) is 18.7 Å². The second-order valence-corrected chi connectivity index (χ2v) is 8.72. The summed E-state index contributed by atoms with van der Waals surface area (Å²) in [4.78, 5) is 44.9. The first-order valence-corrected chi connectivity index (χ1v) is 13.7. The predicted molar refractivity (Wildman–Crippen MR) is 159 cm³/mol. The Morgan fingerprint density at radius 2 is 1.59 bits per heavy atom. The van der Waals surface area contributed by atoms with Gasteiger partial charge >= 0.3 is 0 Å². The highest BCUT2D eigenvalue weighted by molar-refractivity contribution is 5.97. The van der Waals surface area contributed by atoms with Crippen LogP contribution in [0.2, 0.25) is 0 Å². The van der Waals surface area contributed by atoms with Crippen molar-refractivity contribution in [3.8, 4) is 0 Å². The van der Waals surface area contributed by atoms with Gasteiger partial charge in [0.15, 0.2) is 0 Å². The number of hydrogen-bond donors (Lipinski definition) is 3. The lowest BCUT2D eigenvalue weighted by atomic mass is 9.97. The number of rotatable bonds is 6. The van der Waals surface area contributed by atoms with Crippen LogP contribution in [0.25, 0.3) is 11.0 Å². The molecule has 3 heterocycles. The Morgan fingerprint density at radius 1 is 1.00 bits per heavy atom. The third-order valence-corrected chi connectivity index (χ3v) is 5.72. The molecule has 1 aromatic carbocycles. The Balaban J connectivity index is 0.00000119. The molecule has 4 rings (SSSR count). The van der Waals surface area contributed by atoms with Crippen LogP contribution in [0.5, 0.6) is 0 Å². The number of benzene rings is 1. The number of carbonyl (C=O) groups excluding carboxylic acids is 2. The van der Waals surface area contributed by atoms with Crippen LogP contribution in [0.4, 0.5) is 5.82 Å². The number of likely N-dealkylation sites (tertiary alicyclic amines) is 1. The van der Waals surface area contributed by atoms with E-state index in [9.17, 15) is 19.5 Å². The molecule has 39 heavy (non-hydrogen) atoms. The Bertz CT molecular complexity index is 1270. The van der Waals surface area contributed by atoms with Gasteiger partial charge in [-0.1, -0.05) is 71.4 Å². The van der Waals surface area contributed by atoms with Crippen molar-refractivity contribution in [2.24, 2.45) is 0 Å². The number of pyridine rings is 2. The maximum atomic E-state index is 13.3. The minimum absolute atomic E-state index is 0.0583. The largest absolute Gasteiger partial charge is 0.386 e. The van der Waals surface area contributed by atoms with E-state index in [1.165, 1.54) is 15.5 Å². The molecule has 0 radical (unpaired) electrons. The summed E-state index contributed by atoms with van der Waals surface area (Å²) in [6.07, 6.45) is 0. The molecule has 9 nitrogen and oxygen atoms in total. The molecule has 3 N–H and O–H groups in total. The second kappa shape index (κ2) is 15.6. The van der Waals surface area contributed by atoms with E-state index in [1.54, 1.807) is 26.1 Å². The Kier molecular flexibility index (Phi) is 13.4. The summed E-state index contributed by atoms with van der Waals surface area (Å²) in [5.74, 6) is -0.307. The molecule has 9 heteroatoms. The fourth-order valence-corrected chi connectivity index (χ4v) is 3.87. The highest BCUT2D eigenvalue weighted by Gasteiger charge is 2.39. The summed E-state index contributed by atoms with van der Waals surface area (Å²) < 4.78 is 1.23. The molecule has 0 bridgehead atoms. The molecule has 0 atom stereocenters. The van der Waals surface area contributed by atoms with Gasteiger partial charge in [0.25, 0.3) is 11.5 Å². The standard InChI is InChI=1S/C24H27N5O4.3C2H6/c1-15-4-6-16(7-5-15)11-26-22(31)18-10-17-8-9-19(25-3)27-21(17)29(23(18)32)12-20(30)28-13-24(2,33)14-28;3*1-2/h4-10,33H,11-14H2,1-3H3,(H,25,27)(H,26,31);3*1-2H3. The molecule has 2 aromatic heterocycles. The number of nitrogens with one attached hydrogen (secondary N) is 2. The smallest absolute Gasteiger partial charge is 0.265 e. The summed E-state index contributed by atoms with van der Waals surface area (Å²) in [7, 11) is 1.71. The number of β-amino-alcohol motifs (C(OH)–C–C–N with tert-alkyl or cyclic N) is 1. The van der Waals surface area contributed by atoms with Crippen molar-refractivity contribution in [3.05, 3.63) is 69.5 Å². The summed E-state index contributed by atoms with van der Waals surface area (Å²) in [6, 6.07) is 12.7. The van der Waals surface area contributed by atoms with Gasteiger partial charge < -0.3 is 20.6 Å². The number of fused-ring (bicyclic) bond motifs is 1. The molecule has 0 aliphatic carbocycles. The van der Waals surface area contributed by atoms with E-state index in [1.807, 2.05) is 72.7 Å². The Hall–Kier alpha value is -3.72. The number of aromatic nitrogens is 2. The maximum absolute atomic E-state index is 13.3. The molecule has 1 aliphatic heterocycles. The predicted octanol–water partition coefficient (Wildman–Crippen LogP) is 4.35. The van der Waals surface area contributed by atoms with Gasteiger partial charge in [-0.05, 0) is 37.6 Å². The van der Waals surface area contributed by atoms with Crippen molar-refractivity contribution < 1.29 is 14.7 Å². The van der Waals surface area contributed by atoms with E-state index in [0.29, 0.717) is 16.9 Å². The third-order valence-electron chi connectivity index (χ3n) is 5.72. The van der Waals surface area contributed by atoms with Crippen LogP contribution < -0.4 is 16.2 Å². The lowest BCUT2D eigenvalue weighted by Gasteiger charge is -2.44. The summed E-state index contributed by atoms with van der Waals surface area (Å²) in [5, 5.41) is 16.2. The molecule has 2 amide bonds. The zero-order chi connectivity index (χ0) is 29.8. The number of carbonyl (C=O) groups is 2. The number of anilines is 1. The van der Waals surface area contributed by atoms with Crippen molar-refractivity contribution in [1.82, 2.24) is 19.8 Å². The number of hydrogen-bond acceptors (Lipinski definition) is 6. The first-order valence-electron chi connectivity index (χ1n) is 13.7. The van der Waals surface area contributed by atoms with Crippen LogP contribution in [0, 0.1) is 6.92 Å². The van der Waals surface area contributed by atoms with Gasteiger partial charge in [-0.2, -0.15) is 0 Å². The van der Waals surface area contributed by atoms with Gasteiger partial charge in [0, 0.05) is 19.0 Å².